The van der Waals surface area contributed by atoms with E-state index in [0.29, 0.717) is 15.3 Å². The number of aromatic amines is 1. The second-order valence-corrected chi connectivity index (χ2v) is 6.56. The Labute approximate surface area is 124 Å². The lowest BCUT2D eigenvalue weighted by Crippen LogP contribution is -2.17. The highest BCUT2D eigenvalue weighted by molar-refractivity contribution is 14.1. The Kier molecular flexibility index (Phi) is 4.21. The number of aromatic nitrogens is 2. The predicted molar refractivity (Wildman–Crippen MR) is 84.2 cm³/mol. The van der Waals surface area contributed by atoms with E-state index in [1.807, 2.05) is 12.3 Å². The molecule has 2 aromatic heterocycles. The van der Waals surface area contributed by atoms with Gasteiger partial charge in [-0.05, 0) is 52.8 Å². The van der Waals surface area contributed by atoms with Gasteiger partial charge in [-0.25, -0.2) is 4.98 Å². The Hall–Kier alpha value is -0.690. The van der Waals surface area contributed by atoms with Crippen molar-refractivity contribution in [3.8, 4) is 11.4 Å². The van der Waals surface area contributed by atoms with E-state index in [-0.39, 0.29) is 5.56 Å². The van der Waals surface area contributed by atoms with Crippen molar-refractivity contribution in [2.75, 3.05) is 0 Å². The molecule has 2 heterocycles. The minimum absolute atomic E-state index is 0.0400. The lowest BCUT2D eigenvalue weighted by atomic mass is 10.1. The molecule has 0 aliphatic rings. The summed E-state index contributed by atoms with van der Waals surface area (Å²) in [7, 11) is 0. The van der Waals surface area contributed by atoms with Crippen LogP contribution in [0.3, 0.4) is 0 Å². The summed E-state index contributed by atoms with van der Waals surface area (Å²) in [6.45, 7) is 6.30. The first kappa shape index (κ1) is 13.7. The molecule has 0 saturated carbocycles. The van der Waals surface area contributed by atoms with Gasteiger partial charge in [-0.2, -0.15) is 11.3 Å². The highest BCUT2D eigenvalue weighted by Crippen LogP contribution is 2.24. The van der Waals surface area contributed by atoms with E-state index < -0.39 is 0 Å². The molecule has 2 rings (SSSR count). The van der Waals surface area contributed by atoms with Gasteiger partial charge in [0.2, 0.25) is 0 Å². The molecule has 1 N–H and O–H groups in total. The van der Waals surface area contributed by atoms with Crippen LogP contribution in [0.5, 0.6) is 0 Å². The fourth-order valence-corrected chi connectivity index (χ4v) is 3.07. The molecule has 0 amide bonds. The van der Waals surface area contributed by atoms with Crippen LogP contribution in [0.15, 0.2) is 15.6 Å². The highest BCUT2D eigenvalue weighted by Gasteiger charge is 2.13. The number of hydrogen-bond acceptors (Lipinski definition) is 3. The van der Waals surface area contributed by atoms with E-state index in [4.69, 9.17) is 0 Å². The molecule has 0 bridgehead atoms. The van der Waals surface area contributed by atoms with E-state index in [2.05, 4.69) is 51.8 Å². The molecule has 0 spiro atoms. The largest absolute Gasteiger partial charge is 0.306 e. The first-order chi connectivity index (χ1) is 8.49. The monoisotopic (exact) mass is 374 g/mol. The summed E-state index contributed by atoms with van der Waals surface area (Å²) in [5.41, 5.74) is 3.04. The molecule has 0 fully saturated rings. The second kappa shape index (κ2) is 5.52. The number of hydrogen-bond donors (Lipinski definition) is 1. The molecule has 0 atom stereocenters. The van der Waals surface area contributed by atoms with E-state index in [0.717, 1.165) is 23.2 Å². The van der Waals surface area contributed by atoms with Gasteiger partial charge in [-0.3, -0.25) is 4.79 Å². The Morgan fingerprint density at radius 3 is 2.72 bits per heavy atom. The summed E-state index contributed by atoms with van der Waals surface area (Å²) in [4.78, 5) is 19.4. The van der Waals surface area contributed by atoms with Gasteiger partial charge < -0.3 is 4.98 Å². The fraction of sp³-hybridized carbons (Fsp3) is 0.385. The topological polar surface area (TPSA) is 45.8 Å². The minimum Gasteiger partial charge on any atom is -0.306 e. The third-order valence-electron chi connectivity index (χ3n) is 2.64. The fourth-order valence-electron chi connectivity index (χ4n) is 1.76. The van der Waals surface area contributed by atoms with Crippen molar-refractivity contribution in [2.24, 2.45) is 5.92 Å². The van der Waals surface area contributed by atoms with Gasteiger partial charge in [0.1, 0.15) is 5.82 Å². The molecule has 0 radical (unpaired) electrons. The summed E-state index contributed by atoms with van der Waals surface area (Å²) in [6.07, 6.45) is 0.832. The number of nitrogens with one attached hydrogen (secondary N) is 1. The number of aryl methyl sites for hydroxylation is 1. The Bertz CT molecular complexity index is 616. The molecular weight excluding hydrogens is 359 g/mol. The van der Waals surface area contributed by atoms with Crippen LogP contribution >= 0.6 is 33.9 Å². The van der Waals surface area contributed by atoms with Crippen LogP contribution < -0.4 is 5.56 Å². The van der Waals surface area contributed by atoms with Crippen LogP contribution in [0.25, 0.3) is 11.4 Å². The summed E-state index contributed by atoms with van der Waals surface area (Å²) in [5.74, 6) is 1.18. The first-order valence-electron chi connectivity index (χ1n) is 5.81. The van der Waals surface area contributed by atoms with Crippen LogP contribution in [-0.2, 0) is 6.42 Å². The van der Waals surface area contributed by atoms with Crippen molar-refractivity contribution in [2.45, 2.75) is 27.2 Å². The van der Waals surface area contributed by atoms with E-state index >= 15 is 0 Å². The van der Waals surface area contributed by atoms with Gasteiger partial charge in [0, 0.05) is 10.9 Å². The van der Waals surface area contributed by atoms with Crippen molar-refractivity contribution in [3.63, 3.8) is 0 Å². The molecule has 0 aliphatic heterocycles. The predicted octanol–water partition coefficient (Wildman–Crippen LogP) is 3.61. The van der Waals surface area contributed by atoms with Crippen LogP contribution in [0.1, 0.15) is 25.1 Å². The highest BCUT2D eigenvalue weighted by atomic mass is 127. The molecule has 0 unspecified atom stereocenters. The zero-order chi connectivity index (χ0) is 13.3. The standard InChI is InChI=1S/C13H15IN2OS/c1-7(2)4-10-11(14)13(17)16-12(15-10)9-6-18-5-8(9)3/h5-7H,4H2,1-3H3,(H,15,16,17). The van der Waals surface area contributed by atoms with Crippen molar-refractivity contribution in [1.82, 2.24) is 9.97 Å². The maximum atomic E-state index is 11.9. The maximum Gasteiger partial charge on any atom is 0.264 e. The molecule has 18 heavy (non-hydrogen) atoms. The maximum absolute atomic E-state index is 11.9. The smallest absolute Gasteiger partial charge is 0.264 e. The lowest BCUT2D eigenvalue weighted by molar-refractivity contribution is 0.631. The molecule has 2 aromatic rings. The second-order valence-electron chi connectivity index (χ2n) is 4.74. The number of nitrogens with zero attached hydrogens (tertiary/aromatic N) is 1. The normalized spacial score (nSPS) is 11.2. The zero-order valence-electron chi connectivity index (χ0n) is 10.6. The summed E-state index contributed by atoms with van der Waals surface area (Å²) >= 11 is 3.70. The van der Waals surface area contributed by atoms with Crippen LogP contribution in [-0.4, -0.2) is 9.97 Å². The lowest BCUT2D eigenvalue weighted by Gasteiger charge is -2.08. The summed E-state index contributed by atoms with van der Waals surface area (Å²) in [5, 5.41) is 4.09. The molecule has 96 valence electrons. The molecule has 0 saturated heterocycles. The van der Waals surface area contributed by atoms with Crippen molar-refractivity contribution in [1.29, 1.82) is 0 Å². The van der Waals surface area contributed by atoms with Crippen molar-refractivity contribution >= 4 is 33.9 Å². The van der Waals surface area contributed by atoms with Gasteiger partial charge in [-0.15, -0.1) is 0 Å². The molecule has 0 aliphatic carbocycles. The average Bonchev–Trinajstić information content (AvgIpc) is 2.70. The van der Waals surface area contributed by atoms with Gasteiger partial charge in [0.15, 0.2) is 0 Å². The van der Waals surface area contributed by atoms with Crippen LogP contribution in [0.2, 0.25) is 0 Å². The number of halogens is 1. The molecule has 3 nitrogen and oxygen atoms in total. The van der Waals surface area contributed by atoms with Crippen molar-refractivity contribution < 1.29 is 0 Å². The van der Waals surface area contributed by atoms with Crippen LogP contribution in [0.4, 0.5) is 0 Å². The van der Waals surface area contributed by atoms with E-state index in [1.54, 1.807) is 11.3 Å². The SMILES string of the molecule is Cc1cscc1-c1nc(CC(C)C)c(I)c(=O)[nH]1. The number of H-pyrrole nitrogens is 1. The number of rotatable bonds is 3. The third-order valence-corrected chi connectivity index (χ3v) is 4.62. The van der Waals surface area contributed by atoms with Gasteiger partial charge >= 0.3 is 0 Å². The Balaban J connectivity index is 2.54. The Morgan fingerprint density at radius 2 is 2.17 bits per heavy atom. The number of thiophene rings is 1. The van der Waals surface area contributed by atoms with Gasteiger partial charge in [0.05, 0.1) is 9.26 Å². The summed E-state index contributed by atoms with van der Waals surface area (Å²) in [6, 6.07) is 0. The summed E-state index contributed by atoms with van der Waals surface area (Å²) < 4.78 is 0.706. The third kappa shape index (κ3) is 2.83. The molecule has 5 heteroatoms. The Morgan fingerprint density at radius 1 is 1.44 bits per heavy atom. The van der Waals surface area contributed by atoms with Gasteiger partial charge in [-0.1, -0.05) is 13.8 Å². The molecule has 0 aromatic carbocycles. The average molecular weight is 374 g/mol. The molecular formula is C13H15IN2OS. The van der Waals surface area contributed by atoms with Gasteiger partial charge in [0.25, 0.3) is 5.56 Å². The van der Waals surface area contributed by atoms with Crippen LogP contribution in [0, 0.1) is 16.4 Å². The minimum atomic E-state index is -0.0400. The van der Waals surface area contributed by atoms with E-state index in [9.17, 15) is 4.79 Å². The quantitative estimate of drug-likeness (QED) is 0.835. The zero-order valence-corrected chi connectivity index (χ0v) is 13.6. The van der Waals surface area contributed by atoms with E-state index in [1.165, 1.54) is 0 Å². The first-order valence-corrected chi connectivity index (χ1v) is 7.83. The van der Waals surface area contributed by atoms with Crippen molar-refractivity contribution in [3.05, 3.63) is 35.9 Å².